The summed E-state index contributed by atoms with van der Waals surface area (Å²) in [7, 11) is -5.11. The summed E-state index contributed by atoms with van der Waals surface area (Å²) in [6.45, 7) is 12.5. The summed E-state index contributed by atoms with van der Waals surface area (Å²) in [5.41, 5.74) is 2.07. The summed E-state index contributed by atoms with van der Waals surface area (Å²) in [4.78, 5) is 32.3. The molecule has 0 saturated heterocycles. The van der Waals surface area contributed by atoms with Crippen molar-refractivity contribution in [2.24, 2.45) is 0 Å². The molecule has 0 saturated carbocycles. The fourth-order valence-electron chi connectivity index (χ4n) is 2.62. The van der Waals surface area contributed by atoms with Gasteiger partial charge in [0.05, 0.1) is 0 Å². The van der Waals surface area contributed by atoms with Crippen LogP contribution in [0.5, 0.6) is 0 Å². The minimum absolute atomic E-state index is 0.0380. The van der Waals surface area contributed by atoms with Crippen LogP contribution in [0.4, 0.5) is 0 Å². The molecule has 0 aromatic heterocycles. The first kappa shape index (κ1) is 19.1. The Morgan fingerprint density at radius 3 is 1.00 bits per heavy atom. The van der Waals surface area contributed by atoms with Gasteiger partial charge in [-0.3, -0.25) is 0 Å². The van der Waals surface area contributed by atoms with Crippen LogP contribution >= 0.6 is 7.28 Å². The van der Waals surface area contributed by atoms with Gasteiger partial charge >= 0.3 is 145 Å². The zero-order chi connectivity index (χ0) is 18.4. The second-order valence-electron chi connectivity index (χ2n) is 8.57. The van der Waals surface area contributed by atoms with E-state index in [2.05, 4.69) is 41.5 Å². The monoisotopic (exact) mass is 348 g/mol. The van der Waals surface area contributed by atoms with E-state index in [9.17, 15) is 14.7 Å². The molecule has 0 aliphatic heterocycles. The van der Waals surface area contributed by atoms with E-state index < -0.39 is 7.28 Å². The molecule has 0 fully saturated rings. The molecule has 0 aliphatic rings. The molecule has 3 N–H and O–H groups in total. The zero-order valence-corrected chi connectivity index (χ0v) is 16.3. The third kappa shape index (κ3) is 3.70. The van der Waals surface area contributed by atoms with Crippen molar-refractivity contribution in [3.8, 4) is 0 Å². The molecule has 0 unspecified atom stereocenters. The number of hydrogen-bond donors (Lipinski definition) is 3. The Hall–Kier alpha value is -1.25. The summed E-state index contributed by atoms with van der Waals surface area (Å²) >= 11 is 0. The fourth-order valence-corrected chi connectivity index (χ4v) is 4.32. The SMILES string of the molecule is CC(C)(C)c1ccc(P(O)(O)(O)c2ccc(C(C)(C)C)cc2)cc1. The minimum atomic E-state index is -5.11. The van der Waals surface area contributed by atoms with Crippen LogP contribution in [-0.4, -0.2) is 14.7 Å². The summed E-state index contributed by atoms with van der Waals surface area (Å²) in [5, 5.41) is 0.301. The molecule has 3 nitrogen and oxygen atoms in total. The first-order valence-electron chi connectivity index (χ1n) is 8.19. The van der Waals surface area contributed by atoms with Crippen molar-refractivity contribution in [3.63, 3.8) is 0 Å². The van der Waals surface area contributed by atoms with Crippen LogP contribution in [0.3, 0.4) is 0 Å². The van der Waals surface area contributed by atoms with Crippen molar-refractivity contribution in [3.05, 3.63) is 59.7 Å². The van der Waals surface area contributed by atoms with Gasteiger partial charge in [0.2, 0.25) is 0 Å². The van der Waals surface area contributed by atoms with Crippen molar-refractivity contribution in [1.29, 1.82) is 0 Å². The van der Waals surface area contributed by atoms with Crippen LogP contribution in [0.1, 0.15) is 52.7 Å². The molecule has 24 heavy (non-hydrogen) atoms. The fraction of sp³-hybridized carbons (Fsp3) is 0.400. The Bertz CT molecular complexity index is 648. The van der Waals surface area contributed by atoms with Gasteiger partial charge in [-0.1, -0.05) is 0 Å². The van der Waals surface area contributed by atoms with E-state index in [1.54, 1.807) is 24.3 Å². The summed E-state index contributed by atoms with van der Waals surface area (Å²) in [6, 6.07) is 13.8. The van der Waals surface area contributed by atoms with E-state index in [1.807, 2.05) is 24.3 Å². The van der Waals surface area contributed by atoms with E-state index in [0.717, 1.165) is 11.1 Å². The van der Waals surface area contributed by atoms with Crippen LogP contribution < -0.4 is 10.6 Å². The van der Waals surface area contributed by atoms with E-state index in [0.29, 0.717) is 0 Å². The Kier molecular flexibility index (Phi) is 4.48. The van der Waals surface area contributed by atoms with Gasteiger partial charge in [-0.15, -0.1) is 0 Å². The van der Waals surface area contributed by atoms with Gasteiger partial charge in [0, 0.05) is 0 Å². The molecule has 132 valence electrons. The normalized spacial score (nSPS) is 15.0. The molecule has 0 atom stereocenters. The van der Waals surface area contributed by atoms with E-state index in [1.165, 1.54) is 0 Å². The number of benzene rings is 2. The first-order valence-corrected chi connectivity index (χ1v) is 10.3. The second kappa shape index (κ2) is 5.64. The van der Waals surface area contributed by atoms with Crippen molar-refractivity contribution in [1.82, 2.24) is 0 Å². The molecular formula is C20H29O3P. The molecule has 4 heteroatoms. The van der Waals surface area contributed by atoms with E-state index in [4.69, 9.17) is 0 Å². The van der Waals surface area contributed by atoms with Gasteiger partial charge in [0.15, 0.2) is 0 Å². The van der Waals surface area contributed by atoms with Crippen molar-refractivity contribution < 1.29 is 14.7 Å². The third-order valence-electron chi connectivity index (χ3n) is 4.42. The zero-order valence-electron chi connectivity index (χ0n) is 15.4. The summed E-state index contributed by atoms with van der Waals surface area (Å²) in [5.74, 6) is 0. The van der Waals surface area contributed by atoms with Crippen LogP contribution in [-0.2, 0) is 10.8 Å². The molecule has 0 heterocycles. The quantitative estimate of drug-likeness (QED) is 0.728. The molecule has 2 aromatic carbocycles. The maximum atomic E-state index is 10.8. The number of hydrogen-bond acceptors (Lipinski definition) is 3. The standard InChI is InChI=1S/C20H29O3P/c1-19(2,3)15-7-11-17(12-8-15)24(21,22,23)18-13-9-16(10-14-18)20(4,5)6/h7-14,21-23H,1-6H3. The Morgan fingerprint density at radius 1 is 0.542 bits per heavy atom. The van der Waals surface area contributed by atoms with Crippen molar-refractivity contribution in [2.75, 3.05) is 0 Å². The predicted molar refractivity (Wildman–Crippen MR) is 103 cm³/mol. The number of rotatable bonds is 2. The topological polar surface area (TPSA) is 60.7 Å². The summed E-state index contributed by atoms with van der Waals surface area (Å²) < 4.78 is 0. The van der Waals surface area contributed by atoms with Gasteiger partial charge in [-0.2, -0.15) is 0 Å². The van der Waals surface area contributed by atoms with Crippen LogP contribution in [0, 0.1) is 0 Å². The molecular weight excluding hydrogens is 319 g/mol. The van der Waals surface area contributed by atoms with Crippen molar-refractivity contribution in [2.45, 2.75) is 52.4 Å². The van der Waals surface area contributed by atoms with Gasteiger partial charge in [-0.25, -0.2) is 0 Å². The van der Waals surface area contributed by atoms with Gasteiger partial charge in [0.1, 0.15) is 0 Å². The van der Waals surface area contributed by atoms with Crippen molar-refractivity contribution >= 4 is 17.9 Å². The molecule has 0 bridgehead atoms. The Morgan fingerprint density at radius 2 is 0.792 bits per heavy atom. The van der Waals surface area contributed by atoms with Gasteiger partial charge < -0.3 is 0 Å². The third-order valence-corrected chi connectivity index (χ3v) is 6.92. The average molecular weight is 348 g/mol. The molecule has 0 aliphatic carbocycles. The second-order valence-corrected chi connectivity index (χ2v) is 11.6. The van der Waals surface area contributed by atoms with Gasteiger partial charge in [0.25, 0.3) is 0 Å². The van der Waals surface area contributed by atoms with Crippen LogP contribution in [0.2, 0.25) is 0 Å². The van der Waals surface area contributed by atoms with E-state index in [-0.39, 0.29) is 21.4 Å². The average Bonchev–Trinajstić information content (AvgIpc) is 2.45. The Balaban J connectivity index is 2.46. The van der Waals surface area contributed by atoms with Crippen LogP contribution in [0.25, 0.3) is 0 Å². The maximum absolute atomic E-state index is 10.8. The van der Waals surface area contributed by atoms with E-state index >= 15 is 0 Å². The molecule has 2 rings (SSSR count). The summed E-state index contributed by atoms with van der Waals surface area (Å²) in [6.07, 6.45) is 0. The molecule has 2 aromatic rings. The molecule has 0 amide bonds. The first-order chi connectivity index (χ1) is 10.7. The molecule has 0 spiro atoms. The predicted octanol–water partition coefficient (Wildman–Crippen LogP) is 3.51. The van der Waals surface area contributed by atoms with Crippen LogP contribution in [0.15, 0.2) is 48.5 Å². The Labute approximate surface area is 145 Å². The van der Waals surface area contributed by atoms with Gasteiger partial charge in [-0.05, 0) is 0 Å². The molecule has 0 radical (unpaired) electrons.